The summed E-state index contributed by atoms with van der Waals surface area (Å²) in [6.07, 6.45) is -0.442. The normalized spacial score (nSPS) is 11.5. The number of rotatable bonds is 6. The molecule has 0 saturated carbocycles. The highest BCUT2D eigenvalue weighted by Crippen LogP contribution is 2.17. The van der Waals surface area contributed by atoms with Crippen molar-refractivity contribution in [2.75, 3.05) is 11.9 Å². The number of hydrogen-bond acceptors (Lipinski definition) is 4. The van der Waals surface area contributed by atoms with E-state index in [-0.39, 0.29) is 24.8 Å². The van der Waals surface area contributed by atoms with Gasteiger partial charge in [-0.2, -0.15) is 0 Å². The topological polar surface area (TPSA) is 96.5 Å². The monoisotopic (exact) mass is 377 g/mol. The lowest BCUT2D eigenvalue weighted by Gasteiger charge is -2.20. The van der Waals surface area contributed by atoms with E-state index in [1.165, 1.54) is 0 Å². The molecule has 150 valence electrons. The second-order valence-electron chi connectivity index (χ2n) is 8.32. The molecule has 0 aliphatic rings. The number of amides is 3. The molecule has 27 heavy (non-hydrogen) atoms. The van der Waals surface area contributed by atoms with E-state index >= 15 is 0 Å². The van der Waals surface area contributed by atoms with Gasteiger partial charge in [-0.15, -0.1) is 0 Å². The van der Waals surface area contributed by atoms with E-state index in [9.17, 15) is 14.4 Å². The third kappa shape index (κ3) is 9.08. The number of nitrogens with one attached hydrogen (secondary N) is 3. The van der Waals surface area contributed by atoms with E-state index in [0.717, 1.165) is 5.56 Å². The molecule has 0 saturated heterocycles. The first-order valence-electron chi connectivity index (χ1n) is 9.01. The largest absolute Gasteiger partial charge is 0.444 e. The molecule has 1 aromatic rings. The van der Waals surface area contributed by atoms with Crippen molar-refractivity contribution in [2.24, 2.45) is 5.41 Å². The standard InChI is InChI=1S/C20H31N3O4/c1-19(2,3)17(25)22-13-14-9-7-8-10-15(14)23-16(24)11-12-21-18(26)27-20(4,5)6/h7-10H,11-13H2,1-6H3,(H,21,26)(H,22,25)(H,23,24). The summed E-state index contributed by atoms with van der Waals surface area (Å²) in [6.45, 7) is 11.3. The number of ether oxygens (including phenoxy) is 1. The van der Waals surface area contributed by atoms with E-state index in [4.69, 9.17) is 4.74 Å². The van der Waals surface area contributed by atoms with E-state index in [0.29, 0.717) is 12.2 Å². The Labute approximate surface area is 161 Å². The minimum Gasteiger partial charge on any atom is -0.444 e. The fourth-order valence-corrected chi connectivity index (χ4v) is 2.04. The molecule has 3 N–H and O–H groups in total. The number of alkyl carbamates (subject to hydrolysis) is 1. The highest BCUT2D eigenvalue weighted by molar-refractivity contribution is 5.92. The molecule has 0 bridgehead atoms. The first-order valence-corrected chi connectivity index (χ1v) is 9.01. The third-order valence-electron chi connectivity index (χ3n) is 3.43. The van der Waals surface area contributed by atoms with Gasteiger partial charge in [0.25, 0.3) is 0 Å². The SMILES string of the molecule is CC(C)(C)OC(=O)NCCC(=O)Nc1ccccc1CNC(=O)C(C)(C)C. The first-order chi connectivity index (χ1) is 12.4. The molecular formula is C20H31N3O4. The number of carbonyl (C=O) groups is 3. The van der Waals surface area contributed by atoms with Crippen LogP contribution in [0.25, 0.3) is 0 Å². The Morgan fingerprint density at radius 1 is 0.963 bits per heavy atom. The van der Waals surface area contributed by atoms with Crippen LogP contribution in [0.2, 0.25) is 0 Å². The van der Waals surface area contributed by atoms with Crippen LogP contribution in [0.3, 0.4) is 0 Å². The van der Waals surface area contributed by atoms with E-state index < -0.39 is 17.1 Å². The smallest absolute Gasteiger partial charge is 0.407 e. The van der Waals surface area contributed by atoms with Crippen LogP contribution in [0.15, 0.2) is 24.3 Å². The average Bonchev–Trinajstić information content (AvgIpc) is 2.51. The minimum absolute atomic E-state index is 0.0646. The molecule has 0 aliphatic heterocycles. The molecular weight excluding hydrogens is 346 g/mol. The Hall–Kier alpha value is -2.57. The molecule has 3 amide bonds. The Morgan fingerprint density at radius 3 is 2.19 bits per heavy atom. The Kier molecular flexibility index (Phi) is 7.82. The molecule has 0 spiro atoms. The van der Waals surface area contributed by atoms with E-state index in [2.05, 4.69) is 16.0 Å². The molecule has 7 nitrogen and oxygen atoms in total. The Balaban J connectivity index is 2.53. The van der Waals surface area contributed by atoms with Crippen LogP contribution in [0, 0.1) is 5.41 Å². The number of hydrogen-bond donors (Lipinski definition) is 3. The Bertz CT molecular complexity index is 673. The molecule has 7 heteroatoms. The van der Waals surface area contributed by atoms with Gasteiger partial charge in [-0.05, 0) is 32.4 Å². The second-order valence-corrected chi connectivity index (χ2v) is 8.32. The number of para-hydroxylation sites is 1. The lowest BCUT2D eigenvalue weighted by molar-refractivity contribution is -0.128. The zero-order valence-corrected chi connectivity index (χ0v) is 17.1. The van der Waals surface area contributed by atoms with Gasteiger partial charge < -0.3 is 20.7 Å². The molecule has 0 atom stereocenters. The quantitative estimate of drug-likeness (QED) is 0.709. The lowest BCUT2D eigenvalue weighted by Crippen LogP contribution is -2.35. The molecule has 1 rings (SSSR count). The molecule has 1 aromatic carbocycles. The lowest BCUT2D eigenvalue weighted by atomic mass is 9.95. The number of benzene rings is 1. The van der Waals surface area contributed by atoms with E-state index in [1.807, 2.05) is 39.0 Å². The molecule has 0 aliphatic carbocycles. The van der Waals surface area contributed by atoms with E-state index in [1.54, 1.807) is 26.8 Å². The summed E-state index contributed by atoms with van der Waals surface area (Å²) in [4.78, 5) is 35.7. The number of carbonyl (C=O) groups excluding carboxylic acids is 3. The van der Waals surface area contributed by atoms with Crippen molar-refractivity contribution >= 4 is 23.6 Å². The first kappa shape index (κ1) is 22.5. The second kappa shape index (κ2) is 9.39. The van der Waals surface area contributed by atoms with Crippen molar-refractivity contribution in [1.82, 2.24) is 10.6 Å². The summed E-state index contributed by atoms with van der Waals surface area (Å²) >= 11 is 0. The maximum atomic E-state index is 12.1. The summed E-state index contributed by atoms with van der Waals surface area (Å²) in [6, 6.07) is 7.28. The van der Waals surface area contributed by atoms with Gasteiger partial charge in [-0.25, -0.2) is 4.79 Å². The van der Waals surface area contributed by atoms with Gasteiger partial charge >= 0.3 is 6.09 Å². The van der Waals surface area contributed by atoms with Crippen LogP contribution in [0.5, 0.6) is 0 Å². The predicted molar refractivity (Wildman–Crippen MR) is 105 cm³/mol. The zero-order valence-electron chi connectivity index (χ0n) is 17.1. The molecule has 0 radical (unpaired) electrons. The molecule has 0 aromatic heterocycles. The Morgan fingerprint density at radius 2 is 1.59 bits per heavy atom. The predicted octanol–water partition coefficient (Wildman–Crippen LogP) is 3.20. The maximum absolute atomic E-state index is 12.1. The van der Waals surface area contributed by atoms with Crippen molar-refractivity contribution in [3.8, 4) is 0 Å². The minimum atomic E-state index is -0.581. The average molecular weight is 377 g/mol. The van der Waals surface area contributed by atoms with Crippen LogP contribution in [0.4, 0.5) is 10.5 Å². The van der Waals surface area contributed by atoms with Crippen LogP contribution >= 0.6 is 0 Å². The van der Waals surface area contributed by atoms with Gasteiger partial charge in [0.1, 0.15) is 5.60 Å². The van der Waals surface area contributed by atoms with Gasteiger partial charge in [0, 0.05) is 30.6 Å². The summed E-state index contributed by atoms with van der Waals surface area (Å²) < 4.78 is 5.12. The highest BCUT2D eigenvalue weighted by Gasteiger charge is 2.21. The van der Waals surface area contributed by atoms with Gasteiger partial charge in [0.05, 0.1) is 0 Å². The van der Waals surface area contributed by atoms with Crippen molar-refractivity contribution < 1.29 is 19.1 Å². The maximum Gasteiger partial charge on any atom is 0.407 e. The summed E-state index contributed by atoms with van der Waals surface area (Å²) in [5, 5.41) is 8.23. The van der Waals surface area contributed by atoms with Crippen molar-refractivity contribution in [3.63, 3.8) is 0 Å². The van der Waals surface area contributed by atoms with Crippen LogP contribution < -0.4 is 16.0 Å². The van der Waals surface area contributed by atoms with Gasteiger partial charge in [0.2, 0.25) is 11.8 Å². The summed E-state index contributed by atoms with van der Waals surface area (Å²) in [7, 11) is 0. The van der Waals surface area contributed by atoms with Gasteiger partial charge in [0.15, 0.2) is 0 Å². The molecule has 0 heterocycles. The summed E-state index contributed by atoms with van der Waals surface area (Å²) in [5.74, 6) is -0.300. The molecule has 0 unspecified atom stereocenters. The fourth-order valence-electron chi connectivity index (χ4n) is 2.04. The van der Waals surface area contributed by atoms with Crippen LogP contribution in [0.1, 0.15) is 53.5 Å². The van der Waals surface area contributed by atoms with Crippen molar-refractivity contribution in [2.45, 2.75) is 60.1 Å². The van der Waals surface area contributed by atoms with Crippen LogP contribution in [-0.4, -0.2) is 30.1 Å². The fraction of sp³-hybridized carbons (Fsp3) is 0.550. The van der Waals surface area contributed by atoms with Gasteiger partial charge in [-0.3, -0.25) is 9.59 Å². The zero-order chi connectivity index (χ0) is 20.7. The highest BCUT2D eigenvalue weighted by atomic mass is 16.6. The number of anilines is 1. The molecule has 0 fully saturated rings. The van der Waals surface area contributed by atoms with Crippen LogP contribution in [-0.2, 0) is 20.9 Å². The summed E-state index contributed by atoms with van der Waals surface area (Å²) in [5.41, 5.74) is 0.381. The van der Waals surface area contributed by atoms with Crippen molar-refractivity contribution in [3.05, 3.63) is 29.8 Å². The van der Waals surface area contributed by atoms with Gasteiger partial charge in [-0.1, -0.05) is 39.0 Å². The van der Waals surface area contributed by atoms with Crippen molar-refractivity contribution in [1.29, 1.82) is 0 Å². The third-order valence-corrected chi connectivity index (χ3v) is 3.43.